The van der Waals surface area contributed by atoms with Gasteiger partial charge in [-0.3, -0.25) is 9.59 Å². The van der Waals surface area contributed by atoms with Crippen LogP contribution < -0.4 is 5.32 Å². The number of benzene rings is 2. The van der Waals surface area contributed by atoms with Crippen LogP contribution in [0.5, 0.6) is 0 Å². The molecule has 0 saturated carbocycles. The first-order valence-corrected chi connectivity index (χ1v) is 8.48. The van der Waals surface area contributed by atoms with Gasteiger partial charge in [-0.1, -0.05) is 42.8 Å². The van der Waals surface area contributed by atoms with Gasteiger partial charge < -0.3 is 5.32 Å². The van der Waals surface area contributed by atoms with Gasteiger partial charge in [-0.15, -0.1) is 0 Å². The molecule has 128 valence electrons. The second kappa shape index (κ2) is 9.00. The molecule has 1 N–H and O–H groups in total. The molecule has 1 unspecified atom stereocenters. The van der Waals surface area contributed by atoms with Crippen LogP contribution in [0.25, 0.3) is 0 Å². The van der Waals surface area contributed by atoms with Crippen LogP contribution in [0.1, 0.15) is 24.5 Å². The molecule has 0 aliphatic heterocycles. The zero-order valence-corrected chi connectivity index (χ0v) is 14.7. The minimum absolute atomic E-state index is 0.127. The maximum absolute atomic E-state index is 12.2. The number of hydrogen-bond donors (Lipinski definition) is 1. The summed E-state index contributed by atoms with van der Waals surface area (Å²) in [6.45, 7) is 2.04. The van der Waals surface area contributed by atoms with Crippen molar-refractivity contribution in [2.24, 2.45) is 5.92 Å². The number of carbonyl (C=O) groups is 2. The van der Waals surface area contributed by atoms with E-state index in [9.17, 15) is 14.9 Å². The fourth-order valence-corrected chi connectivity index (χ4v) is 2.50. The Bertz CT molecular complexity index is 777. The lowest BCUT2D eigenvalue weighted by molar-refractivity contribution is -0.128. The number of rotatable bonds is 7. The molecule has 0 radical (unpaired) electrons. The van der Waals surface area contributed by atoms with Crippen LogP contribution in [-0.2, 0) is 22.4 Å². The Balaban J connectivity index is 1.94. The van der Waals surface area contributed by atoms with Gasteiger partial charge in [0.1, 0.15) is 0 Å². The summed E-state index contributed by atoms with van der Waals surface area (Å²) >= 11 is 5.82. The van der Waals surface area contributed by atoms with E-state index in [4.69, 9.17) is 11.6 Å². The first kappa shape index (κ1) is 18.7. The molecule has 2 aromatic rings. The number of nitrogens with zero attached hydrogens (tertiary/aromatic N) is 1. The molecule has 4 nitrogen and oxygen atoms in total. The van der Waals surface area contributed by atoms with Gasteiger partial charge in [0, 0.05) is 17.1 Å². The average Bonchev–Trinajstić information content (AvgIpc) is 2.62. The highest BCUT2D eigenvalue weighted by atomic mass is 35.5. The topological polar surface area (TPSA) is 70.0 Å². The van der Waals surface area contributed by atoms with Crippen molar-refractivity contribution in [2.75, 3.05) is 5.32 Å². The minimum Gasteiger partial charge on any atom is -0.325 e. The number of Topliss-reactive ketones (excluding diaryl/α,β-unsaturated/α-hetero) is 1. The molecule has 25 heavy (non-hydrogen) atoms. The second-order valence-corrected chi connectivity index (χ2v) is 6.13. The Labute approximate surface area is 152 Å². The summed E-state index contributed by atoms with van der Waals surface area (Å²) in [4.78, 5) is 24.5. The van der Waals surface area contributed by atoms with Gasteiger partial charge in [0.2, 0.25) is 5.91 Å². The summed E-state index contributed by atoms with van der Waals surface area (Å²) in [5, 5.41) is 12.5. The summed E-state index contributed by atoms with van der Waals surface area (Å²) in [6, 6.07) is 16.3. The lowest BCUT2D eigenvalue weighted by Gasteiger charge is -2.10. The van der Waals surface area contributed by atoms with Crippen LogP contribution in [0, 0.1) is 17.2 Å². The molecule has 0 aliphatic rings. The standard InChI is InChI=1S/C20H19ClN2O2/c1-2-14-5-10-17(11-6-14)23-20(25)18(13-22)19(24)12-7-15-3-8-16(21)9-4-15/h3-6,8-11,18H,2,7,12H2,1H3,(H,23,25). The molecule has 5 heteroatoms. The van der Waals surface area contributed by atoms with Crippen molar-refractivity contribution >= 4 is 29.0 Å². The molecule has 1 amide bonds. The number of carbonyl (C=O) groups excluding carboxylic acids is 2. The SMILES string of the molecule is CCc1ccc(NC(=O)C(C#N)C(=O)CCc2ccc(Cl)cc2)cc1. The molecular weight excluding hydrogens is 336 g/mol. The number of nitriles is 1. The van der Waals surface area contributed by atoms with E-state index in [1.165, 1.54) is 0 Å². The van der Waals surface area contributed by atoms with E-state index in [-0.39, 0.29) is 12.2 Å². The Morgan fingerprint density at radius 3 is 2.24 bits per heavy atom. The van der Waals surface area contributed by atoms with Gasteiger partial charge in [0.15, 0.2) is 11.7 Å². The third-order valence-corrected chi connectivity index (χ3v) is 4.17. The van der Waals surface area contributed by atoms with Gasteiger partial charge in [-0.05, 0) is 48.2 Å². The molecule has 2 rings (SSSR count). The van der Waals surface area contributed by atoms with Crippen molar-refractivity contribution < 1.29 is 9.59 Å². The fraction of sp³-hybridized carbons (Fsp3) is 0.250. The van der Waals surface area contributed by atoms with Gasteiger partial charge in [0.05, 0.1) is 6.07 Å². The maximum atomic E-state index is 12.2. The average molecular weight is 355 g/mol. The van der Waals surface area contributed by atoms with Crippen molar-refractivity contribution in [2.45, 2.75) is 26.2 Å². The van der Waals surface area contributed by atoms with Gasteiger partial charge >= 0.3 is 0 Å². The lowest BCUT2D eigenvalue weighted by atomic mass is 9.98. The van der Waals surface area contributed by atoms with Crippen LogP contribution in [-0.4, -0.2) is 11.7 Å². The molecule has 2 aromatic carbocycles. The van der Waals surface area contributed by atoms with Crippen molar-refractivity contribution in [3.8, 4) is 6.07 Å². The van der Waals surface area contributed by atoms with Gasteiger partial charge in [-0.25, -0.2) is 0 Å². The van der Waals surface area contributed by atoms with Crippen molar-refractivity contribution in [3.05, 3.63) is 64.7 Å². The Morgan fingerprint density at radius 2 is 1.68 bits per heavy atom. The third kappa shape index (κ3) is 5.44. The molecule has 0 aliphatic carbocycles. The summed E-state index contributed by atoms with van der Waals surface area (Å²) in [5.74, 6) is -2.29. The Hall–Kier alpha value is -2.64. The maximum Gasteiger partial charge on any atom is 0.249 e. The molecule has 0 aromatic heterocycles. The van der Waals surface area contributed by atoms with E-state index in [1.807, 2.05) is 37.3 Å². The second-order valence-electron chi connectivity index (χ2n) is 5.69. The largest absolute Gasteiger partial charge is 0.325 e. The predicted octanol–water partition coefficient (Wildman–Crippen LogP) is 4.18. The monoisotopic (exact) mass is 354 g/mol. The Kier molecular flexibility index (Phi) is 6.73. The quantitative estimate of drug-likeness (QED) is 0.758. The van der Waals surface area contributed by atoms with E-state index in [1.54, 1.807) is 24.3 Å². The van der Waals surface area contributed by atoms with Crippen molar-refractivity contribution in [1.82, 2.24) is 0 Å². The molecule has 1 atom stereocenters. The number of amides is 1. The van der Waals surface area contributed by atoms with Crippen LogP contribution in [0.4, 0.5) is 5.69 Å². The van der Waals surface area contributed by atoms with Crippen molar-refractivity contribution in [3.63, 3.8) is 0 Å². The van der Waals surface area contributed by atoms with E-state index < -0.39 is 11.8 Å². The molecule has 0 bridgehead atoms. The van der Waals surface area contributed by atoms with Gasteiger partial charge in [0.25, 0.3) is 0 Å². The molecular formula is C20H19ClN2O2. The number of hydrogen-bond acceptors (Lipinski definition) is 3. The number of halogens is 1. The summed E-state index contributed by atoms with van der Waals surface area (Å²) in [6.07, 6.45) is 1.49. The number of anilines is 1. The first-order valence-electron chi connectivity index (χ1n) is 8.10. The highest BCUT2D eigenvalue weighted by Crippen LogP contribution is 2.15. The molecule has 0 fully saturated rings. The highest BCUT2D eigenvalue weighted by molar-refractivity contribution is 6.30. The summed E-state index contributed by atoms with van der Waals surface area (Å²) in [5.41, 5.74) is 2.66. The van der Waals surface area contributed by atoms with Crippen molar-refractivity contribution in [1.29, 1.82) is 5.26 Å². The zero-order valence-electron chi connectivity index (χ0n) is 14.0. The van der Waals surface area contributed by atoms with E-state index in [0.717, 1.165) is 17.5 Å². The molecule has 0 saturated heterocycles. The Morgan fingerprint density at radius 1 is 1.08 bits per heavy atom. The number of nitrogens with one attached hydrogen (secondary N) is 1. The van der Waals surface area contributed by atoms with Crippen LogP contribution in [0.3, 0.4) is 0 Å². The summed E-state index contributed by atoms with van der Waals surface area (Å²) in [7, 11) is 0. The molecule has 0 heterocycles. The van der Waals surface area contributed by atoms with E-state index >= 15 is 0 Å². The predicted molar refractivity (Wildman–Crippen MR) is 98.3 cm³/mol. The fourth-order valence-electron chi connectivity index (χ4n) is 2.38. The minimum atomic E-state index is -1.31. The summed E-state index contributed by atoms with van der Waals surface area (Å²) < 4.78 is 0. The smallest absolute Gasteiger partial charge is 0.249 e. The third-order valence-electron chi connectivity index (χ3n) is 3.92. The van der Waals surface area contributed by atoms with Crippen LogP contribution in [0.15, 0.2) is 48.5 Å². The number of aryl methyl sites for hydroxylation is 2. The van der Waals surface area contributed by atoms with E-state index in [0.29, 0.717) is 17.1 Å². The van der Waals surface area contributed by atoms with Gasteiger partial charge in [-0.2, -0.15) is 5.26 Å². The number of ketones is 1. The zero-order chi connectivity index (χ0) is 18.2. The van der Waals surface area contributed by atoms with E-state index in [2.05, 4.69) is 5.32 Å². The van der Waals surface area contributed by atoms with Crippen LogP contribution >= 0.6 is 11.6 Å². The molecule has 0 spiro atoms. The normalized spacial score (nSPS) is 11.4. The highest BCUT2D eigenvalue weighted by Gasteiger charge is 2.26. The van der Waals surface area contributed by atoms with Crippen LogP contribution in [0.2, 0.25) is 5.02 Å². The lowest BCUT2D eigenvalue weighted by Crippen LogP contribution is -2.28. The first-order chi connectivity index (χ1) is 12.0.